The molecule has 0 unspecified atom stereocenters. The molecule has 0 bridgehead atoms. The number of terminal acetylenes is 1. The maximum atomic E-state index is 4.95. The van der Waals surface area contributed by atoms with Gasteiger partial charge in [0.1, 0.15) is 0 Å². The van der Waals surface area contributed by atoms with Gasteiger partial charge < -0.3 is 0 Å². The monoisotopic (exact) mass is 1000 g/mol. The summed E-state index contributed by atoms with van der Waals surface area (Å²) in [5.74, 6) is 202. The van der Waals surface area contributed by atoms with Crippen molar-refractivity contribution in [3.8, 4) is 486 Å². The first-order chi connectivity index (χ1) is 41.4. The van der Waals surface area contributed by atoms with Gasteiger partial charge in [0.15, 0.2) is 0 Å². The summed E-state index contributed by atoms with van der Waals surface area (Å²) < 4.78 is 0. The highest BCUT2D eigenvalue weighted by atomic mass is 13.7. The van der Waals surface area contributed by atoms with E-state index in [1.165, 1.54) is 0 Å². The zero-order chi connectivity index (χ0) is 59.3. The van der Waals surface area contributed by atoms with Crippen LogP contribution in [0.2, 0.25) is 0 Å². The van der Waals surface area contributed by atoms with E-state index in [1.807, 2.05) is 0 Å². The van der Waals surface area contributed by atoms with Crippen molar-refractivity contribution < 1.29 is 0 Å². The lowest BCUT2D eigenvalue weighted by Crippen LogP contribution is -1.57. The van der Waals surface area contributed by atoms with Crippen LogP contribution < -0.4 is 0 Å². The number of hydrogen-bond donors (Lipinski definition) is 0. The third-order valence-corrected chi connectivity index (χ3v) is 5.07. The normalized spacial score (nSPS) is 3.95. The van der Waals surface area contributed by atoms with E-state index in [0.29, 0.717) is 0 Å². The fourth-order valence-electron chi connectivity index (χ4n) is 2.50. The summed E-state index contributed by atoms with van der Waals surface area (Å²) in [6.07, 6.45) is 4.95. The lowest BCUT2D eigenvalue weighted by molar-refractivity contribution is 1.92. The van der Waals surface area contributed by atoms with E-state index in [4.69, 9.17) is 6.42 Å². The van der Waals surface area contributed by atoms with Crippen LogP contribution in [0.3, 0.4) is 0 Å². The van der Waals surface area contributed by atoms with Gasteiger partial charge in [-0.05, 0) is 102 Å². The number of rotatable bonds is 0. The fourth-order valence-corrected chi connectivity index (χ4v) is 2.50. The van der Waals surface area contributed by atoms with Gasteiger partial charge in [0.05, 0.1) is 0 Å². The van der Waals surface area contributed by atoms with Crippen molar-refractivity contribution in [2.75, 3.05) is 0 Å². The molecule has 0 fully saturated rings. The van der Waals surface area contributed by atoms with Gasteiger partial charge in [0.25, 0.3) is 0 Å². The molecule has 0 aliphatic rings. The van der Waals surface area contributed by atoms with E-state index >= 15 is 0 Å². The zero-order valence-corrected chi connectivity index (χ0v) is 42.1. The van der Waals surface area contributed by atoms with Gasteiger partial charge in [0.2, 0.25) is 0 Å². The van der Waals surface area contributed by atoms with Gasteiger partial charge in [-0.3, -0.25) is 0 Å². The van der Waals surface area contributed by atoms with E-state index < -0.39 is 0 Å². The average Bonchev–Trinajstić information content (AvgIpc) is 3.49. The molecule has 0 nitrogen and oxygen atoms in total. The van der Waals surface area contributed by atoms with Crippen molar-refractivity contribution >= 4 is 0 Å². The maximum Gasteiger partial charge on any atom is 0 e. The Bertz CT molecular complexity index is 5650. The fraction of sp³-hybridized carbons (Fsp3) is 0.0120. The van der Waals surface area contributed by atoms with Crippen molar-refractivity contribution in [2.24, 2.45) is 0 Å². The molecule has 0 aliphatic carbocycles. The van der Waals surface area contributed by atoms with Crippen LogP contribution in [0.1, 0.15) is 6.92 Å². The van der Waals surface area contributed by atoms with E-state index in [1.54, 1.807) is 6.92 Å². The smallest absolute Gasteiger partial charge is 0 e. The molecule has 0 heteroatoms. The van der Waals surface area contributed by atoms with E-state index in [-0.39, 0.29) is 0 Å². The summed E-state index contributed by atoms with van der Waals surface area (Å²) >= 11 is 0. The van der Waals surface area contributed by atoms with Crippen LogP contribution >= 0.6 is 0 Å². The molecule has 0 amide bonds. The molecule has 0 saturated carbocycles. The molecular formula is C83H4. The minimum absolute atomic E-state index is 1.68. The van der Waals surface area contributed by atoms with Gasteiger partial charge in [-0.15, -0.1) is 6.42 Å². The molecule has 0 saturated heterocycles. The first-order valence-electron chi connectivity index (χ1n) is 20.8. The molecule has 0 N–H and O–H groups in total. The molecular weight excluding hydrogens is 997 g/mol. The summed E-state index contributed by atoms with van der Waals surface area (Å²) in [6, 6.07) is 0. The zero-order valence-electron chi connectivity index (χ0n) is 42.1. The van der Waals surface area contributed by atoms with Crippen LogP contribution in [-0.4, -0.2) is 0 Å². The Kier molecular flexibility index (Phi) is 50.1. The quantitative estimate of drug-likeness (QED) is 0.316. The molecule has 0 aromatic heterocycles. The van der Waals surface area contributed by atoms with Crippen LogP contribution in [0.15, 0.2) is 0 Å². The Hall–Kier alpha value is -18.0. The SMILES string of the molecule is C#CC#CC#CC#CC#CC#CC#CC#CC#CC#CC#CC#CC#CC#CC#CC#CC#CC#CC#CC#CC#CC#CC#CC#CC#CC#CC#CC#CC#CC#CC#CC#CC#CC#CC#CC#CC#CC#CC#CC#CC#CC. The number of hydrogen-bond acceptors (Lipinski definition) is 0. The lowest BCUT2D eigenvalue weighted by atomic mass is 10.4. The Labute approximate surface area is 490 Å². The topological polar surface area (TPSA) is 0 Å². The summed E-state index contributed by atoms with van der Waals surface area (Å²) in [5, 5.41) is 0. The maximum absolute atomic E-state index is 4.95. The Morgan fingerprint density at radius 2 is 0.157 bits per heavy atom. The second-order valence-corrected chi connectivity index (χ2v) is 10.3. The van der Waals surface area contributed by atoms with Gasteiger partial charge in [-0.1, -0.05) is 5.92 Å². The highest BCUT2D eigenvalue weighted by Gasteiger charge is 1.65. The van der Waals surface area contributed by atoms with Crippen molar-refractivity contribution in [3.05, 3.63) is 0 Å². The highest BCUT2D eigenvalue weighted by Crippen LogP contribution is 1.65. The highest BCUT2D eigenvalue weighted by molar-refractivity contribution is 5.54. The summed E-state index contributed by atoms with van der Waals surface area (Å²) in [4.78, 5) is 0. The molecule has 0 radical (unpaired) electrons. The Morgan fingerprint density at radius 1 is 0.0964 bits per heavy atom. The van der Waals surface area contributed by atoms with Crippen molar-refractivity contribution in [1.82, 2.24) is 0 Å². The summed E-state index contributed by atoms with van der Waals surface area (Å²) in [5.41, 5.74) is 0. The lowest BCUT2D eigenvalue weighted by Gasteiger charge is -1.58. The summed E-state index contributed by atoms with van der Waals surface area (Å²) in [6.45, 7) is 1.68. The minimum atomic E-state index is 1.68. The molecule has 83 heavy (non-hydrogen) atoms. The predicted molar refractivity (Wildman–Crippen MR) is 326 cm³/mol. The third-order valence-electron chi connectivity index (χ3n) is 5.07. The Morgan fingerprint density at radius 3 is 0.217 bits per heavy atom. The molecule has 0 atom stereocenters. The third kappa shape index (κ3) is 64.0. The molecule has 0 aliphatic heterocycles. The van der Waals surface area contributed by atoms with Gasteiger partial charge in [-0.25, -0.2) is 0 Å². The van der Waals surface area contributed by atoms with E-state index in [9.17, 15) is 0 Å². The second-order valence-electron chi connectivity index (χ2n) is 10.3. The van der Waals surface area contributed by atoms with E-state index in [2.05, 4.69) is 480 Å². The standard InChI is InChI=1S/C83H4/c1-3-5-7-9-11-13-15-17-19-21-23-25-27-29-31-33-35-37-39-41-43-45-47-49-51-53-55-57-59-61-63-65-67-69-71-73-75-77-79-81-83-82-80-78-76-74-72-70-68-66-64-62-60-58-56-54-52-50-48-46-44-42-40-38-36-34-32-30-28-26-24-22-20-18-16-14-12-10-8-6-4-2/h1H,2H3. The average molecular weight is 1000 g/mol. The molecule has 0 heterocycles. The van der Waals surface area contributed by atoms with Crippen molar-refractivity contribution in [1.29, 1.82) is 0 Å². The van der Waals surface area contributed by atoms with Crippen molar-refractivity contribution in [3.63, 3.8) is 0 Å². The molecule has 0 rings (SSSR count). The van der Waals surface area contributed by atoms with E-state index in [0.717, 1.165) is 0 Å². The minimum Gasteiger partial charge on any atom is -0.106 e. The van der Waals surface area contributed by atoms with Crippen LogP contribution in [-0.2, 0) is 0 Å². The van der Waals surface area contributed by atoms with Crippen LogP contribution in [0.4, 0.5) is 0 Å². The largest absolute Gasteiger partial charge is 0.106 e. The first-order valence-corrected chi connectivity index (χ1v) is 20.8. The van der Waals surface area contributed by atoms with Gasteiger partial charge in [-0.2, -0.15) is 0 Å². The van der Waals surface area contributed by atoms with Gasteiger partial charge in [0, 0.05) is 379 Å². The summed E-state index contributed by atoms with van der Waals surface area (Å²) in [7, 11) is 0. The van der Waals surface area contributed by atoms with Crippen molar-refractivity contribution in [2.45, 2.75) is 6.92 Å². The molecule has 0 spiro atoms. The molecule has 0 aromatic carbocycles. The van der Waals surface area contributed by atoms with Crippen LogP contribution in [0.5, 0.6) is 0 Å². The predicted octanol–water partition coefficient (Wildman–Crippen LogP) is 0.775. The Balaban J connectivity index is 4.62. The van der Waals surface area contributed by atoms with Crippen LogP contribution in [0.25, 0.3) is 0 Å². The van der Waals surface area contributed by atoms with Crippen LogP contribution in [0, 0.1) is 486 Å². The molecule has 336 valence electrons. The van der Waals surface area contributed by atoms with Gasteiger partial charge >= 0.3 is 0 Å². The second kappa shape index (κ2) is 64.0. The first kappa shape index (κ1) is 65.0. The molecule has 0 aromatic rings.